The Balaban J connectivity index is 1.90. The van der Waals surface area contributed by atoms with Crippen molar-refractivity contribution < 1.29 is 18.6 Å². The molecule has 3 aromatic carbocycles. The zero-order valence-corrected chi connectivity index (χ0v) is 15.5. The zero-order chi connectivity index (χ0) is 19.2. The maximum absolute atomic E-state index is 13.4. The third-order valence-corrected chi connectivity index (χ3v) is 6.74. The van der Waals surface area contributed by atoms with E-state index >= 15 is 0 Å². The molecule has 0 amide bonds. The van der Waals surface area contributed by atoms with Gasteiger partial charge in [-0.1, -0.05) is 48.5 Å². The number of phenolic OH excluding ortho intramolecular Hbond substituents is 2. The number of aryl methyl sites for hydroxylation is 1. The molecule has 0 aliphatic carbocycles. The Labute approximate surface area is 158 Å². The molecule has 1 aliphatic rings. The number of phenols is 2. The smallest absolute Gasteiger partial charge is 0.247 e. The van der Waals surface area contributed by atoms with Crippen molar-refractivity contribution >= 4 is 10.0 Å². The summed E-state index contributed by atoms with van der Waals surface area (Å²) in [7, 11) is -4.00. The van der Waals surface area contributed by atoms with Crippen LogP contribution < -0.4 is 0 Å². The van der Waals surface area contributed by atoms with Gasteiger partial charge in [-0.3, -0.25) is 0 Å². The number of hydrogen-bond donors (Lipinski definition) is 2. The van der Waals surface area contributed by atoms with Crippen LogP contribution in [0.5, 0.6) is 11.5 Å². The van der Waals surface area contributed by atoms with Crippen molar-refractivity contribution in [1.82, 2.24) is 4.31 Å². The number of benzene rings is 3. The molecule has 1 aliphatic heterocycles. The first-order valence-electron chi connectivity index (χ1n) is 8.57. The molecule has 2 N–H and O–H groups in total. The molecule has 6 heteroatoms. The first-order valence-corrected chi connectivity index (χ1v) is 10.0. The van der Waals surface area contributed by atoms with Crippen LogP contribution in [-0.2, 0) is 16.6 Å². The van der Waals surface area contributed by atoms with E-state index in [1.165, 1.54) is 16.4 Å². The Morgan fingerprint density at radius 1 is 0.926 bits per heavy atom. The van der Waals surface area contributed by atoms with Gasteiger partial charge in [-0.05, 0) is 41.8 Å². The summed E-state index contributed by atoms with van der Waals surface area (Å²) in [5.74, 6) is -0.214. The van der Waals surface area contributed by atoms with Crippen LogP contribution in [-0.4, -0.2) is 22.9 Å². The highest BCUT2D eigenvalue weighted by molar-refractivity contribution is 7.89. The average molecular weight is 381 g/mol. The highest BCUT2D eigenvalue weighted by atomic mass is 32.2. The molecule has 0 aromatic heterocycles. The lowest BCUT2D eigenvalue weighted by Crippen LogP contribution is -2.30. The lowest BCUT2D eigenvalue weighted by Gasteiger charge is -2.25. The summed E-state index contributed by atoms with van der Waals surface area (Å²) in [5.41, 5.74) is 2.86. The molecule has 0 fully saturated rings. The first kappa shape index (κ1) is 17.6. The molecule has 1 atom stereocenters. The first-order chi connectivity index (χ1) is 12.9. The standard InChI is InChI=1S/C21H19NO4S/c1-14-10-11-19(18(24)12-14)27(25,26)22-13-16-8-5-9-17(23)20(16)21(22)15-6-3-2-4-7-15/h2-12,21,23-24H,13H2,1H3. The molecule has 3 aromatic rings. The van der Waals surface area contributed by atoms with Crippen molar-refractivity contribution in [2.45, 2.75) is 24.4 Å². The van der Waals surface area contributed by atoms with Crippen LogP contribution in [0.1, 0.15) is 28.3 Å². The molecule has 138 valence electrons. The molecule has 0 spiro atoms. The minimum atomic E-state index is -4.00. The van der Waals surface area contributed by atoms with E-state index in [2.05, 4.69) is 0 Å². The van der Waals surface area contributed by atoms with Crippen LogP contribution in [0.15, 0.2) is 71.6 Å². The fourth-order valence-electron chi connectivity index (χ4n) is 3.62. The Morgan fingerprint density at radius 2 is 1.67 bits per heavy atom. The molecular formula is C21H19NO4S. The van der Waals surface area contributed by atoms with Gasteiger partial charge in [-0.2, -0.15) is 4.31 Å². The van der Waals surface area contributed by atoms with Crippen LogP contribution in [0.4, 0.5) is 0 Å². The fourth-order valence-corrected chi connectivity index (χ4v) is 5.25. The van der Waals surface area contributed by atoms with Gasteiger partial charge >= 0.3 is 0 Å². The average Bonchev–Trinajstić information content (AvgIpc) is 3.04. The molecule has 0 bridgehead atoms. The second kappa shape index (κ2) is 6.40. The van der Waals surface area contributed by atoms with E-state index in [1.807, 2.05) is 36.4 Å². The van der Waals surface area contributed by atoms with Crippen molar-refractivity contribution in [3.63, 3.8) is 0 Å². The van der Waals surface area contributed by atoms with E-state index in [1.54, 1.807) is 25.1 Å². The third kappa shape index (κ3) is 2.87. The molecular weight excluding hydrogens is 362 g/mol. The fraction of sp³-hybridized carbons (Fsp3) is 0.143. The van der Waals surface area contributed by atoms with Crippen LogP contribution >= 0.6 is 0 Å². The van der Waals surface area contributed by atoms with Crippen molar-refractivity contribution in [2.24, 2.45) is 0 Å². The minimum absolute atomic E-state index is 0.0622. The molecule has 0 saturated carbocycles. The second-order valence-corrected chi connectivity index (χ2v) is 8.54. The Bertz CT molecular complexity index is 1110. The highest BCUT2D eigenvalue weighted by Gasteiger charge is 2.42. The number of rotatable bonds is 3. The van der Waals surface area contributed by atoms with Gasteiger partial charge in [0.1, 0.15) is 16.4 Å². The maximum atomic E-state index is 13.4. The van der Waals surface area contributed by atoms with Crippen LogP contribution in [0.3, 0.4) is 0 Å². The minimum Gasteiger partial charge on any atom is -0.508 e. The van der Waals surface area contributed by atoms with Crippen molar-refractivity contribution in [3.8, 4) is 11.5 Å². The van der Waals surface area contributed by atoms with E-state index in [0.717, 1.165) is 16.7 Å². The lowest BCUT2D eigenvalue weighted by atomic mass is 9.98. The topological polar surface area (TPSA) is 77.8 Å². The van der Waals surface area contributed by atoms with Crippen molar-refractivity contribution in [3.05, 3.63) is 89.0 Å². The summed E-state index contributed by atoms with van der Waals surface area (Å²) in [6.07, 6.45) is 0. The number of sulfonamides is 1. The van der Waals surface area contributed by atoms with Crippen LogP contribution in [0, 0.1) is 6.92 Å². The van der Waals surface area contributed by atoms with Gasteiger partial charge in [-0.15, -0.1) is 0 Å². The van der Waals surface area contributed by atoms with E-state index in [0.29, 0.717) is 5.56 Å². The van der Waals surface area contributed by atoms with Gasteiger partial charge in [0.2, 0.25) is 10.0 Å². The summed E-state index contributed by atoms with van der Waals surface area (Å²) in [6, 6.07) is 18.1. The summed E-state index contributed by atoms with van der Waals surface area (Å²) in [5, 5.41) is 20.7. The molecule has 1 unspecified atom stereocenters. The third-order valence-electron chi connectivity index (χ3n) is 4.88. The predicted octanol–water partition coefficient (Wildman–Crippen LogP) is 3.70. The van der Waals surface area contributed by atoms with Gasteiger partial charge in [0.15, 0.2) is 0 Å². The number of nitrogens with zero attached hydrogens (tertiary/aromatic N) is 1. The second-order valence-electron chi connectivity index (χ2n) is 6.68. The Hall–Kier alpha value is -2.83. The monoisotopic (exact) mass is 381 g/mol. The predicted molar refractivity (Wildman–Crippen MR) is 102 cm³/mol. The van der Waals surface area contributed by atoms with Crippen molar-refractivity contribution in [1.29, 1.82) is 0 Å². The number of hydrogen-bond acceptors (Lipinski definition) is 4. The van der Waals surface area contributed by atoms with Crippen LogP contribution in [0.2, 0.25) is 0 Å². The van der Waals surface area contributed by atoms with Gasteiger partial charge < -0.3 is 10.2 Å². The molecule has 0 saturated heterocycles. The zero-order valence-electron chi connectivity index (χ0n) is 14.7. The van der Waals surface area contributed by atoms with Gasteiger partial charge in [-0.25, -0.2) is 8.42 Å². The largest absolute Gasteiger partial charge is 0.508 e. The molecule has 1 heterocycles. The van der Waals surface area contributed by atoms with E-state index in [-0.39, 0.29) is 22.9 Å². The maximum Gasteiger partial charge on any atom is 0.247 e. The lowest BCUT2D eigenvalue weighted by molar-refractivity contribution is 0.375. The summed E-state index contributed by atoms with van der Waals surface area (Å²) < 4.78 is 28.2. The molecule has 27 heavy (non-hydrogen) atoms. The molecule has 4 rings (SSSR count). The normalized spacial score (nSPS) is 17.0. The summed E-state index contributed by atoms with van der Waals surface area (Å²) in [6.45, 7) is 1.91. The highest BCUT2D eigenvalue weighted by Crippen LogP contribution is 2.46. The Morgan fingerprint density at radius 3 is 2.37 bits per heavy atom. The van der Waals surface area contributed by atoms with E-state index < -0.39 is 16.1 Å². The quantitative estimate of drug-likeness (QED) is 0.725. The molecule has 0 radical (unpaired) electrons. The van der Waals surface area contributed by atoms with Gasteiger partial charge in [0, 0.05) is 12.1 Å². The number of aromatic hydroxyl groups is 2. The Kier molecular flexibility index (Phi) is 4.17. The van der Waals surface area contributed by atoms with Crippen molar-refractivity contribution in [2.75, 3.05) is 0 Å². The van der Waals surface area contributed by atoms with E-state index in [9.17, 15) is 18.6 Å². The summed E-state index contributed by atoms with van der Waals surface area (Å²) in [4.78, 5) is -0.138. The molecule has 5 nitrogen and oxygen atoms in total. The SMILES string of the molecule is Cc1ccc(S(=O)(=O)N2Cc3cccc(O)c3C2c2ccccc2)c(O)c1. The van der Waals surface area contributed by atoms with Gasteiger partial charge in [0.05, 0.1) is 6.04 Å². The summed E-state index contributed by atoms with van der Waals surface area (Å²) >= 11 is 0. The number of fused-ring (bicyclic) bond motifs is 1. The van der Waals surface area contributed by atoms with Crippen LogP contribution in [0.25, 0.3) is 0 Å². The van der Waals surface area contributed by atoms with Gasteiger partial charge in [0.25, 0.3) is 0 Å². The van der Waals surface area contributed by atoms with E-state index in [4.69, 9.17) is 0 Å².